The number of ketones is 1. The molecular weight excluding hydrogens is 290 g/mol. The van der Waals surface area contributed by atoms with Crippen molar-refractivity contribution in [1.29, 1.82) is 0 Å². The van der Waals surface area contributed by atoms with Crippen molar-refractivity contribution in [2.75, 3.05) is 0 Å². The van der Waals surface area contributed by atoms with E-state index in [1.165, 1.54) is 12.4 Å². The molecule has 1 amide bonds. The average molecular weight is 301 g/mol. The highest BCUT2D eigenvalue weighted by molar-refractivity contribution is 6.59. The molecule has 1 aromatic heterocycles. The van der Waals surface area contributed by atoms with Crippen LogP contribution in [0.5, 0.6) is 0 Å². The molecule has 110 valence electrons. The summed E-state index contributed by atoms with van der Waals surface area (Å²) in [6, 6.07) is 14.4. The molecule has 0 unspecified atom stereocenters. The highest BCUT2D eigenvalue weighted by atomic mass is 16.2. The van der Waals surface area contributed by atoms with Crippen LogP contribution in [0.2, 0.25) is 0 Å². The summed E-state index contributed by atoms with van der Waals surface area (Å²) in [7, 11) is 0. The van der Waals surface area contributed by atoms with E-state index in [0.29, 0.717) is 11.1 Å². The first kappa shape index (κ1) is 13.3. The second-order valence-electron chi connectivity index (χ2n) is 5.18. The first-order chi connectivity index (χ1) is 11.3. The number of hydrogen-bond donors (Lipinski definition) is 1. The van der Waals surface area contributed by atoms with Gasteiger partial charge in [-0.05, 0) is 17.5 Å². The van der Waals surface area contributed by atoms with E-state index in [0.717, 1.165) is 16.3 Å². The van der Waals surface area contributed by atoms with Crippen molar-refractivity contribution in [3.05, 3.63) is 77.6 Å². The fourth-order valence-electron chi connectivity index (χ4n) is 2.76. The molecule has 3 aromatic rings. The van der Waals surface area contributed by atoms with E-state index in [1.54, 1.807) is 18.2 Å². The number of amides is 1. The first-order valence-corrected chi connectivity index (χ1v) is 7.10. The number of aromatic nitrogens is 1. The molecule has 5 nitrogen and oxygen atoms in total. The Balaban J connectivity index is 1.73. The van der Waals surface area contributed by atoms with Crippen molar-refractivity contribution < 1.29 is 9.59 Å². The van der Waals surface area contributed by atoms with Crippen molar-refractivity contribution in [3.8, 4) is 0 Å². The quantitative estimate of drug-likeness (QED) is 0.739. The SMILES string of the molecule is O=C(NN=C1C(=O)c2cccc3cccc1c23)c1ccncc1. The topological polar surface area (TPSA) is 71.4 Å². The van der Waals surface area contributed by atoms with E-state index in [4.69, 9.17) is 0 Å². The number of rotatable bonds is 2. The van der Waals surface area contributed by atoms with E-state index in [2.05, 4.69) is 15.5 Å². The molecule has 1 N–H and O–H groups in total. The number of Topliss-reactive ketones (excluding diaryl/α,β-unsaturated/α-hetero) is 1. The second kappa shape index (κ2) is 5.14. The summed E-state index contributed by atoms with van der Waals surface area (Å²) in [4.78, 5) is 28.5. The van der Waals surface area contributed by atoms with Crippen LogP contribution >= 0.6 is 0 Å². The van der Waals surface area contributed by atoms with Crippen molar-refractivity contribution in [2.45, 2.75) is 0 Å². The summed E-state index contributed by atoms with van der Waals surface area (Å²) in [5, 5.41) is 5.94. The van der Waals surface area contributed by atoms with Crippen LogP contribution in [0.4, 0.5) is 0 Å². The summed E-state index contributed by atoms with van der Waals surface area (Å²) in [5.41, 5.74) is 4.52. The Morgan fingerprint density at radius 3 is 2.39 bits per heavy atom. The summed E-state index contributed by atoms with van der Waals surface area (Å²) < 4.78 is 0. The summed E-state index contributed by atoms with van der Waals surface area (Å²) in [5.74, 6) is -0.553. The van der Waals surface area contributed by atoms with Gasteiger partial charge in [-0.25, -0.2) is 5.43 Å². The predicted octanol–water partition coefficient (Wildman–Crippen LogP) is 2.57. The fourth-order valence-corrected chi connectivity index (χ4v) is 2.76. The van der Waals surface area contributed by atoms with Gasteiger partial charge in [0, 0.05) is 34.5 Å². The molecule has 1 aliphatic carbocycles. The normalized spacial score (nSPS) is 14.4. The summed E-state index contributed by atoms with van der Waals surface area (Å²) in [6.07, 6.45) is 3.05. The standard InChI is InChI=1S/C18H11N3O2/c22-17-14-6-2-4-11-3-1-5-13(15(11)14)16(17)20-21-18(23)12-7-9-19-10-8-12/h1-10H,(H,21,23). The van der Waals surface area contributed by atoms with Crippen LogP contribution in [0.15, 0.2) is 66.0 Å². The lowest BCUT2D eigenvalue weighted by molar-refractivity contribution is 0.0955. The minimum Gasteiger partial charge on any atom is -0.287 e. The van der Waals surface area contributed by atoms with Gasteiger partial charge in [-0.3, -0.25) is 14.6 Å². The van der Waals surface area contributed by atoms with Crippen molar-refractivity contribution >= 4 is 28.2 Å². The van der Waals surface area contributed by atoms with Gasteiger partial charge in [0.15, 0.2) is 0 Å². The Bertz CT molecular complexity index is 973. The van der Waals surface area contributed by atoms with Gasteiger partial charge in [0.1, 0.15) is 5.71 Å². The van der Waals surface area contributed by atoms with Gasteiger partial charge in [0.2, 0.25) is 5.78 Å². The van der Waals surface area contributed by atoms with Crippen LogP contribution in [-0.4, -0.2) is 22.4 Å². The Kier molecular flexibility index (Phi) is 2.98. The third kappa shape index (κ3) is 2.10. The molecule has 5 heteroatoms. The number of carbonyl (C=O) groups excluding carboxylic acids is 2. The minimum atomic E-state index is -0.379. The van der Waals surface area contributed by atoms with Gasteiger partial charge < -0.3 is 0 Å². The average Bonchev–Trinajstić information content (AvgIpc) is 2.88. The smallest absolute Gasteiger partial charge is 0.271 e. The van der Waals surface area contributed by atoms with E-state index in [-0.39, 0.29) is 17.4 Å². The van der Waals surface area contributed by atoms with E-state index in [9.17, 15) is 9.59 Å². The molecule has 0 radical (unpaired) electrons. The molecule has 0 aliphatic heterocycles. The maximum absolute atomic E-state index is 12.5. The lowest BCUT2D eigenvalue weighted by Crippen LogP contribution is -2.22. The number of benzene rings is 2. The molecule has 4 rings (SSSR count). The number of carbonyl (C=O) groups is 2. The monoisotopic (exact) mass is 301 g/mol. The van der Waals surface area contributed by atoms with Crippen LogP contribution in [0.1, 0.15) is 26.3 Å². The van der Waals surface area contributed by atoms with Crippen molar-refractivity contribution in [3.63, 3.8) is 0 Å². The molecule has 0 saturated heterocycles. The van der Waals surface area contributed by atoms with E-state index >= 15 is 0 Å². The highest BCUT2D eigenvalue weighted by Crippen LogP contribution is 2.30. The maximum atomic E-state index is 12.5. The zero-order valence-electron chi connectivity index (χ0n) is 12.0. The zero-order valence-corrected chi connectivity index (χ0v) is 12.0. The number of nitrogens with zero attached hydrogens (tertiary/aromatic N) is 2. The largest absolute Gasteiger partial charge is 0.287 e. The first-order valence-electron chi connectivity index (χ1n) is 7.10. The molecule has 0 fully saturated rings. The van der Waals surface area contributed by atoms with Crippen molar-refractivity contribution in [2.24, 2.45) is 5.10 Å². The number of pyridine rings is 1. The Morgan fingerprint density at radius 2 is 1.65 bits per heavy atom. The molecular formula is C18H11N3O2. The summed E-state index contributed by atoms with van der Waals surface area (Å²) >= 11 is 0. The minimum absolute atomic E-state index is 0.174. The Labute approximate surface area is 131 Å². The van der Waals surface area contributed by atoms with Crippen LogP contribution < -0.4 is 5.43 Å². The number of hydrogen-bond acceptors (Lipinski definition) is 4. The van der Waals surface area contributed by atoms with Gasteiger partial charge in [0.05, 0.1) is 0 Å². The molecule has 2 aromatic carbocycles. The molecule has 1 heterocycles. The van der Waals surface area contributed by atoms with Crippen molar-refractivity contribution in [1.82, 2.24) is 10.4 Å². The second-order valence-corrected chi connectivity index (χ2v) is 5.18. The highest BCUT2D eigenvalue weighted by Gasteiger charge is 2.28. The fraction of sp³-hybridized carbons (Fsp3) is 0. The third-order valence-corrected chi connectivity index (χ3v) is 3.83. The number of nitrogens with one attached hydrogen (secondary N) is 1. The number of hydrazone groups is 1. The van der Waals surface area contributed by atoms with Crippen LogP contribution in [-0.2, 0) is 0 Å². The van der Waals surface area contributed by atoms with Gasteiger partial charge >= 0.3 is 0 Å². The van der Waals surface area contributed by atoms with Gasteiger partial charge in [-0.1, -0.05) is 36.4 Å². The van der Waals surface area contributed by atoms with Gasteiger partial charge in [0.25, 0.3) is 5.91 Å². The Morgan fingerprint density at radius 1 is 0.957 bits per heavy atom. The van der Waals surface area contributed by atoms with Crippen LogP contribution in [0.25, 0.3) is 10.8 Å². The summed E-state index contributed by atoms with van der Waals surface area (Å²) in [6.45, 7) is 0. The Hall–Kier alpha value is -3.34. The lowest BCUT2D eigenvalue weighted by Gasteiger charge is -2.01. The molecule has 1 aliphatic rings. The predicted molar refractivity (Wildman–Crippen MR) is 86.5 cm³/mol. The zero-order chi connectivity index (χ0) is 15.8. The maximum Gasteiger partial charge on any atom is 0.271 e. The third-order valence-electron chi connectivity index (χ3n) is 3.83. The molecule has 0 spiro atoms. The van der Waals surface area contributed by atoms with Crippen LogP contribution in [0, 0.1) is 0 Å². The van der Waals surface area contributed by atoms with Crippen LogP contribution in [0.3, 0.4) is 0 Å². The van der Waals surface area contributed by atoms with E-state index in [1.807, 2.05) is 30.3 Å². The van der Waals surface area contributed by atoms with Gasteiger partial charge in [-0.15, -0.1) is 0 Å². The lowest BCUT2D eigenvalue weighted by atomic mass is 10.1. The molecule has 0 atom stereocenters. The molecule has 23 heavy (non-hydrogen) atoms. The molecule has 0 saturated carbocycles. The molecule has 0 bridgehead atoms. The van der Waals surface area contributed by atoms with E-state index < -0.39 is 0 Å². The van der Waals surface area contributed by atoms with Gasteiger partial charge in [-0.2, -0.15) is 5.10 Å².